The minimum absolute atomic E-state index is 0.277. The summed E-state index contributed by atoms with van der Waals surface area (Å²) in [5.41, 5.74) is 14.3. The largest absolute Gasteiger partial charge is 0.327 e. The number of piperidine rings is 1. The van der Waals surface area contributed by atoms with Crippen LogP contribution in [0.4, 0.5) is 0 Å². The maximum Gasteiger partial charge on any atom is 0.0178 e. The van der Waals surface area contributed by atoms with Gasteiger partial charge in [0.25, 0.3) is 0 Å². The molecule has 1 heterocycles. The third-order valence-electron chi connectivity index (χ3n) is 3.15. The van der Waals surface area contributed by atoms with Crippen LogP contribution in [-0.4, -0.2) is 19.1 Å². The lowest BCUT2D eigenvalue weighted by Gasteiger charge is -2.29. The Morgan fingerprint density at radius 3 is 3.00 bits per heavy atom. The van der Waals surface area contributed by atoms with Crippen molar-refractivity contribution in [3.8, 4) is 0 Å². The SMILES string of the molecule is NCc1cccc(C2CNCCC2N)c1. The van der Waals surface area contributed by atoms with Gasteiger partial charge < -0.3 is 16.8 Å². The first-order valence-electron chi connectivity index (χ1n) is 5.56. The molecule has 1 fully saturated rings. The van der Waals surface area contributed by atoms with Crippen LogP contribution >= 0.6 is 0 Å². The Balaban J connectivity index is 2.19. The van der Waals surface area contributed by atoms with Crippen LogP contribution in [0.25, 0.3) is 0 Å². The molecule has 0 spiro atoms. The molecule has 0 bridgehead atoms. The second kappa shape index (κ2) is 4.75. The molecule has 2 unspecified atom stereocenters. The van der Waals surface area contributed by atoms with Crippen LogP contribution in [0, 0.1) is 0 Å². The van der Waals surface area contributed by atoms with E-state index in [4.69, 9.17) is 11.5 Å². The van der Waals surface area contributed by atoms with E-state index in [-0.39, 0.29) is 6.04 Å². The molecule has 1 aliphatic heterocycles. The predicted octanol–water partition coefficient (Wildman–Crippen LogP) is 0.550. The van der Waals surface area contributed by atoms with Gasteiger partial charge >= 0.3 is 0 Å². The molecule has 1 saturated heterocycles. The molecule has 0 saturated carbocycles. The predicted molar refractivity (Wildman–Crippen MR) is 62.5 cm³/mol. The van der Waals surface area contributed by atoms with Gasteiger partial charge in [0.2, 0.25) is 0 Å². The monoisotopic (exact) mass is 205 g/mol. The van der Waals surface area contributed by atoms with E-state index in [9.17, 15) is 0 Å². The van der Waals surface area contributed by atoms with Crippen molar-refractivity contribution in [2.24, 2.45) is 11.5 Å². The van der Waals surface area contributed by atoms with Crippen LogP contribution in [0.15, 0.2) is 24.3 Å². The normalized spacial score (nSPS) is 26.5. The minimum atomic E-state index is 0.277. The van der Waals surface area contributed by atoms with Crippen molar-refractivity contribution in [2.45, 2.75) is 24.9 Å². The Kier molecular flexibility index (Phi) is 3.36. The van der Waals surface area contributed by atoms with Crippen molar-refractivity contribution in [2.75, 3.05) is 13.1 Å². The first kappa shape index (κ1) is 10.6. The van der Waals surface area contributed by atoms with Gasteiger partial charge in [-0.05, 0) is 24.1 Å². The number of hydrogen-bond donors (Lipinski definition) is 3. The third-order valence-corrected chi connectivity index (χ3v) is 3.15. The van der Waals surface area contributed by atoms with Crippen molar-refractivity contribution >= 4 is 0 Å². The summed E-state index contributed by atoms with van der Waals surface area (Å²) >= 11 is 0. The zero-order valence-electron chi connectivity index (χ0n) is 8.95. The standard InChI is InChI=1S/C12H19N3/c13-7-9-2-1-3-10(6-9)11-8-15-5-4-12(11)14/h1-3,6,11-12,15H,4-5,7-8,13-14H2. The second-order valence-electron chi connectivity index (χ2n) is 4.21. The summed E-state index contributed by atoms with van der Waals surface area (Å²) < 4.78 is 0. The summed E-state index contributed by atoms with van der Waals surface area (Å²) in [4.78, 5) is 0. The zero-order chi connectivity index (χ0) is 10.7. The lowest BCUT2D eigenvalue weighted by Crippen LogP contribution is -2.43. The lowest BCUT2D eigenvalue weighted by atomic mass is 9.87. The molecule has 2 atom stereocenters. The summed E-state index contributed by atoms with van der Waals surface area (Å²) in [7, 11) is 0. The van der Waals surface area contributed by atoms with Crippen LogP contribution in [0.1, 0.15) is 23.5 Å². The fourth-order valence-electron chi connectivity index (χ4n) is 2.19. The summed E-state index contributed by atoms with van der Waals surface area (Å²) in [6.45, 7) is 2.62. The first-order valence-corrected chi connectivity index (χ1v) is 5.56. The van der Waals surface area contributed by atoms with Crippen molar-refractivity contribution in [3.63, 3.8) is 0 Å². The van der Waals surface area contributed by atoms with Crippen LogP contribution in [-0.2, 0) is 6.54 Å². The van der Waals surface area contributed by atoms with E-state index in [2.05, 4.69) is 29.6 Å². The van der Waals surface area contributed by atoms with Crippen LogP contribution in [0.2, 0.25) is 0 Å². The van der Waals surface area contributed by atoms with Gasteiger partial charge in [0.1, 0.15) is 0 Å². The molecule has 2 rings (SSSR count). The second-order valence-corrected chi connectivity index (χ2v) is 4.21. The summed E-state index contributed by atoms with van der Waals surface area (Å²) in [6, 6.07) is 8.73. The van der Waals surface area contributed by atoms with Gasteiger partial charge in [-0.2, -0.15) is 0 Å². The number of rotatable bonds is 2. The van der Waals surface area contributed by atoms with Gasteiger partial charge in [-0.1, -0.05) is 24.3 Å². The molecule has 1 aliphatic rings. The average Bonchev–Trinajstić information content (AvgIpc) is 2.30. The van der Waals surface area contributed by atoms with Crippen molar-refractivity contribution in [3.05, 3.63) is 35.4 Å². The first-order chi connectivity index (χ1) is 7.31. The molecule has 1 aromatic carbocycles. The van der Waals surface area contributed by atoms with Gasteiger partial charge in [-0.15, -0.1) is 0 Å². The van der Waals surface area contributed by atoms with Gasteiger partial charge in [-0.25, -0.2) is 0 Å². The topological polar surface area (TPSA) is 64.1 Å². The Morgan fingerprint density at radius 1 is 1.40 bits per heavy atom. The van der Waals surface area contributed by atoms with Crippen LogP contribution < -0.4 is 16.8 Å². The molecule has 1 aromatic rings. The van der Waals surface area contributed by atoms with E-state index in [1.807, 2.05) is 0 Å². The fourth-order valence-corrected chi connectivity index (χ4v) is 2.19. The molecule has 0 radical (unpaired) electrons. The van der Waals surface area contributed by atoms with E-state index in [0.29, 0.717) is 12.5 Å². The van der Waals surface area contributed by atoms with Gasteiger partial charge in [0.15, 0.2) is 0 Å². The van der Waals surface area contributed by atoms with Crippen LogP contribution in [0.5, 0.6) is 0 Å². The molecule has 3 heteroatoms. The van der Waals surface area contributed by atoms with Gasteiger partial charge in [-0.3, -0.25) is 0 Å². The lowest BCUT2D eigenvalue weighted by molar-refractivity contribution is 0.403. The molecular weight excluding hydrogens is 186 g/mol. The summed E-state index contributed by atoms with van der Waals surface area (Å²) in [6.07, 6.45) is 1.05. The van der Waals surface area contributed by atoms with Crippen molar-refractivity contribution < 1.29 is 0 Å². The van der Waals surface area contributed by atoms with Crippen molar-refractivity contribution in [1.29, 1.82) is 0 Å². The number of benzene rings is 1. The number of nitrogens with two attached hydrogens (primary N) is 2. The Hall–Kier alpha value is -0.900. The van der Waals surface area contributed by atoms with Gasteiger partial charge in [0, 0.05) is 25.0 Å². The van der Waals surface area contributed by atoms with E-state index >= 15 is 0 Å². The van der Waals surface area contributed by atoms with E-state index in [1.54, 1.807) is 0 Å². The molecule has 15 heavy (non-hydrogen) atoms. The summed E-state index contributed by atoms with van der Waals surface area (Å²) in [5.74, 6) is 0.435. The molecule has 82 valence electrons. The molecule has 0 aliphatic carbocycles. The summed E-state index contributed by atoms with van der Waals surface area (Å²) in [5, 5.41) is 3.39. The quantitative estimate of drug-likeness (QED) is 0.660. The molecular formula is C12H19N3. The van der Waals surface area contributed by atoms with Crippen LogP contribution in [0.3, 0.4) is 0 Å². The molecule has 0 aromatic heterocycles. The highest BCUT2D eigenvalue weighted by Gasteiger charge is 2.22. The Morgan fingerprint density at radius 2 is 2.27 bits per heavy atom. The average molecular weight is 205 g/mol. The molecule has 3 nitrogen and oxygen atoms in total. The van der Waals surface area contributed by atoms with E-state index in [1.165, 1.54) is 11.1 Å². The van der Waals surface area contributed by atoms with Crippen molar-refractivity contribution in [1.82, 2.24) is 5.32 Å². The number of nitrogens with one attached hydrogen (secondary N) is 1. The van der Waals surface area contributed by atoms with Gasteiger partial charge in [0.05, 0.1) is 0 Å². The Labute approximate surface area is 90.8 Å². The maximum absolute atomic E-state index is 6.13. The minimum Gasteiger partial charge on any atom is -0.327 e. The fraction of sp³-hybridized carbons (Fsp3) is 0.500. The highest BCUT2D eigenvalue weighted by molar-refractivity contribution is 5.28. The molecule has 0 amide bonds. The maximum atomic E-state index is 6.13. The number of hydrogen-bond acceptors (Lipinski definition) is 3. The zero-order valence-corrected chi connectivity index (χ0v) is 8.95. The smallest absolute Gasteiger partial charge is 0.0178 e. The van der Waals surface area contributed by atoms with E-state index < -0.39 is 0 Å². The third kappa shape index (κ3) is 2.37. The molecule has 5 N–H and O–H groups in total. The van der Waals surface area contributed by atoms with E-state index in [0.717, 1.165) is 19.5 Å². The highest BCUT2D eigenvalue weighted by atomic mass is 14.9. The highest BCUT2D eigenvalue weighted by Crippen LogP contribution is 2.23. The Bertz CT molecular complexity index is 324.